The summed E-state index contributed by atoms with van der Waals surface area (Å²) >= 11 is 0. The molecule has 1 N–H and O–H groups in total. The molecule has 5 heteroatoms. The van der Waals surface area contributed by atoms with Gasteiger partial charge in [0.1, 0.15) is 5.75 Å². The van der Waals surface area contributed by atoms with Gasteiger partial charge in [0.05, 0.1) is 19.1 Å². The maximum atomic E-state index is 9.56. The van der Waals surface area contributed by atoms with Gasteiger partial charge in [0.25, 0.3) is 0 Å². The highest BCUT2D eigenvalue weighted by Crippen LogP contribution is 2.21. The molecule has 1 atom stereocenters. The fourth-order valence-corrected chi connectivity index (χ4v) is 1.69. The molecule has 19 heavy (non-hydrogen) atoms. The largest absolute Gasteiger partial charge is 0.494 e. The molecular formula is C14H18N2O3. The molecule has 1 heterocycles. The zero-order chi connectivity index (χ0) is 13.7. The second kappa shape index (κ2) is 6.33. The van der Waals surface area contributed by atoms with Crippen molar-refractivity contribution in [3.8, 4) is 17.1 Å². The number of hydrogen-bond acceptors (Lipinski definition) is 5. The molecule has 0 amide bonds. The molecule has 1 unspecified atom stereocenters. The predicted molar refractivity (Wildman–Crippen MR) is 70.9 cm³/mol. The molecule has 2 aromatic rings. The number of rotatable bonds is 6. The standard InChI is InChI=1S/C14H18N2O3/c1-3-11(17)9-13-15-14(16-19-13)10-6-5-7-12(8-10)18-4-2/h5-8,11,17H,3-4,9H2,1-2H3. The van der Waals surface area contributed by atoms with Gasteiger partial charge in [-0.1, -0.05) is 24.2 Å². The van der Waals surface area contributed by atoms with Gasteiger partial charge >= 0.3 is 0 Å². The minimum absolute atomic E-state index is 0.384. The van der Waals surface area contributed by atoms with Gasteiger partial charge in [-0.2, -0.15) is 4.98 Å². The van der Waals surface area contributed by atoms with E-state index in [0.717, 1.165) is 11.3 Å². The van der Waals surface area contributed by atoms with Crippen molar-refractivity contribution in [1.82, 2.24) is 10.1 Å². The van der Waals surface area contributed by atoms with Crippen LogP contribution in [0.15, 0.2) is 28.8 Å². The van der Waals surface area contributed by atoms with Crippen LogP contribution in [0.25, 0.3) is 11.4 Å². The van der Waals surface area contributed by atoms with E-state index >= 15 is 0 Å². The highest BCUT2D eigenvalue weighted by atomic mass is 16.5. The van der Waals surface area contributed by atoms with E-state index in [-0.39, 0.29) is 0 Å². The van der Waals surface area contributed by atoms with Crippen molar-refractivity contribution in [2.75, 3.05) is 6.61 Å². The number of hydrogen-bond donors (Lipinski definition) is 1. The summed E-state index contributed by atoms with van der Waals surface area (Å²) in [5.74, 6) is 1.74. The molecule has 1 aromatic carbocycles. The van der Waals surface area contributed by atoms with Gasteiger partial charge in [0.2, 0.25) is 11.7 Å². The first-order chi connectivity index (χ1) is 9.22. The third-order valence-corrected chi connectivity index (χ3v) is 2.75. The Bertz CT molecular complexity index is 525. The Hall–Kier alpha value is -1.88. The van der Waals surface area contributed by atoms with Crippen LogP contribution in [-0.4, -0.2) is 28.0 Å². The first kappa shape index (κ1) is 13.5. The molecule has 2 rings (SSSR count). The monoisotopic (exact) mass is 262 g/mol. The minimum atomic E-state index is -0.442. The fraction of sp³-hybridized carbons (Fsp3) is 0.429. The Balaban J connectivity index is 2.15. The minimum Gasteiger partial charge on any atom is -0.494 e. The summed E-state index contributed by atoms with van der Waals surface area (Å²) in [5, 5.41) is 13.5. The Morgan fingerprint density at radius 2 is 2.21 bits per heavy atom. The van der Waals surface area contributed by atoms with Gasteiger partial charge in [0.15, 0.2) is 0 Å². The van der Waals surface area contributed by atoms with Gasteiger partial charge < -0.3 is 14.4 Å². The quantitative estimate of drug-likeness (QED) is 0.866. The van der Waals surface area contributed by atoms with Crippen molar-refractivity contribution in [2.45, 2.75) is 32.8 Å². The summed E-state index contributed by atoms with van der Waals surface area (Å²) < 4.78 is 10.6. The van der Waals surface area contributed by atoms with E-state index < -0.39 is 6.10 Å². The van der Waals surface area contributed by atoms with Gasteiger partial charge in [-0.15, -0.1) is 0 Å². The Labute approximate surface area is 112 Å². The first-order valence-corrected chi connectivity index (χ1v) is 6.46. The Morgan fingerprint density at radius 1 is 1.37 bits per heavy atom. The molecule has 0 spiro atoms. The van der Waals surface area contributed by atoms with Crippen LogP contribution in [-0.2, 0) is 6.42 Å². The lowest BCUT2D eigenvalue weighted by Crippen LogP contribution is -2.08. The summed E-state index contributed by atoms with van der Waals surface area (Å²) in [7, 11) is 0. The zero-order valence-corrected chi connectivity index (χ0v) is 11.2. The normalized spacial score (nSPS) is 12.4. The summed E-state index contributed by atoms with van der Waals surface area (Å²) in [5.41, 5.74) is 0.840. The Morgan fingerprint density at radius 3 is 2.95 bits per heavy atom. The number of nitrogens with zero attached hydrogens (tertiary/aromatic N) is 2. The molecule has 102 valence electrons. The molecule has 0 aliphatic carbocycles. The maximum absolute atomic E-state index is 9.56. The third-order valence-electron chi connectivity index (χ3n) is 2.75. The molecule has 0 saturated heterocycles. The summed E-state index contributed by atoms with van der Waals surface area (Å²) in [6.07, 6.45) is 0.606. The van der Waals surface area contributed by atoms with Crippen molar-refractivity contribution < 1.29 is 14.4 Å². The van der Waals surface area contributed by atoms with E-state index in [1.165, 1.54) is 0 Å². The highest BCUT2D eigenvalue weighted by Gasteiger charge is 2.12. The van der Waals surface area contributed by atoms with Crippen LogP contribution in [0.3, 0.4) is 0 Å². The average molecular weight is 262 g/mol. The average Bonchev–Trinajstić information content (AvgIpc) is 2.88. The van der Waals surface area contributed by atoms with Gasteiger partial charge in [-0.05, 0) is 25.5 Å². The lowest BCUT2D eigenvalue weighted by Gasteiger charge is -2.03. The van der Waals surface area contributed by atoms with Crippen LogP contribution >= 0.6 is 0 Å². The fourth-order valence-electron chi connectivity index (χ4n) is 1.69. The van der Waals surface area contributed by atoms with Crippen LogP contribution in [0.1, 0.15) is 26.2 Å². The maximum Gasteiger partial charge on any atom is 0.229 e. The van der Waals surface area contributed by atoms with Crippen molar-refractivity contribution in [2.24, 2.45) is 0 Å². The SMILES string of the molecule is CCOc1cccc(-c2noc(CC(O)CC)n2)c1. The zero-order valence-electron chi connectivity index (χ0n) is 11.2. The van der Waals surface area contributed by atoms with E-state index in [2.05, 4.69) is 10.1 Å². The van der Waals surface area contributed by atoms with Crippen LogP contribution < -0.4 is 4.74 Å². The molecule has 0 bridgehead atoms. The molecule has 0 aliphatic heterocycles. The van der Waals surface area contributed by atoms with Crippen LogP contribution in [0, 0.1) is 0 Å². The van der Waals surface area contributed by atoms with E-state index in [9.17, 15) is 5.11 Å². The molecule has 0 aliphatic rings. The first-order valence-electron chi connectivity index (χ1n) is 6.46. The van der Waals surface area contributed by atoms with E-state index in [4.69, 9.17) is 9.26 Å². The number of aliphatic hydroxyl groups is 1. The van der Waals surface area contributed by atoms with E-state index in [1.54, 1.807) is 0 Å². The predicted octanol–water partition coefficient (Wildman–Crippen LogP) is 2.45. The van der Waals surface area contributed by atoms with Crippen molar-refractivity contribution in [3.63, 3.8) is 0 Å². The lowest BCUT2D eigenvalue weighted by atomic mass is 10.2. The molecule has 0 radical (unpaired) electrons. The third kappa shape index (κ3) is 3.54. The summed E-state index contributed by atoms with van der Waals surface area (Å²) in [4.78, 5) is 4.28. The Kier molecular flexibility index (Phi) is 4.52. The summed E-state index contributed by atoms with van der Waals surface area (Å²) in [6.45, 7) is 4.46. The van der Waals surface area contributed by atoms with E-state index in [1.807, 2.05) is 38.1 Å². The van der Waals surface area contributed by atoms with Gasteiger partial charge in [0, 0.05) is 5.56 Å². The van der Waals surface area contributed by atoms with Crippen molar-refractivity contribution in [3.05, 3.63) is 30.2 Å². The number of ether oxygens (including phenoxy) is 1. The number of aromatic nitrogens is 2. The smallest absolute Gasteiger partial charge is 0.229 e. The van der Waals surface area contributed by atoms with Gasteiger partial charge in [-0.25, -0.2) is 0 Å². The molecule has 1 aromatic heterocycles. The molecule has 5 nitrogen and oxygen atoms in total. The van der Waals surface area contributed by atoms with Crippen LogP contribution in [0.4, 0.5) is 0 Å². The topological polar surface area (TPSA) is 68.4 Å². The second-order valence-electron chi connectivity index (χ2n) is 4.24. The van der Waals surface area contributed by atoms with E-state index in [0.29, 0.717) is 31.2 Å². The van der Waals surface area contributed by atoms with Gasteiger partial charge in [-0.3, -0.25) is 0 Å². The number of aliphatic hydroxyl groups excluding tert-OH is 1. The highest BCUT2D eigenvalue weighted by molar-refractivity contribution is 5.56. The van der Waals surface area contributed by atoms with Crippen LogP contribution in [0.2, 0.25) is 0 Å². The molecule has 0 saturated carbocycles. The van der Waals surface area contributed by atoms with Crippen molar-refractivity contribution in [1.29, 1.82) is 0 Å². The number of benzene rings is 1. The van der Waals surface area contributed by atoms with Crippen LogP contribution in [0.5, 0.6) is 5.75 Å². The summed E-state index contributed by atoms with van der Waals surface area (Å²) in [6, 6.07) is 7.54. The molecule has 0 fully saturated rings. The molecular weight excluding hydrogens is 244 g/mol. The second-order valence-corrected chi connectivity index (χ2v) is 4.24. The van der Waals surface area contributed by atoms with Crippen molar-refractivity contribution >= 4 is 0 Å². The lowest BCUT2D eigenvalue weighted by molar-refractivity contribution is 0.158.